The zero-order valence-electron chi connectivity index (χ0n) is 12.1. The Kier molecular flexibility index (Phi) is 5.06. The standard InChI is InChI=1S/C15H24ClN3/c1-11-6-4-5-7-14(11)19(3)15-8-12(9-17-2)13(16)10-18-15/h8,10-11,14,17H,4-7,9H2,1-3H3. The lowest BCUT2D eigenvalue weighted by atomic mass is 9.85. The Morgan fingerprint density at radius 1 is 1.42 bits per heavy atom. The van der Waals surface area contributed by atoms with E-state index in [-0.39, 0.29) is 0 Å². The van der Waals surface area contributed by atoms with E-state index in [1.165, 1.54) is 25.7 Å². The zero-order valence-corrected chi connectivity index (χ0v) is 12.9. The van der Waals surface area contributed by atoms with Gasteiger partial charge in [-0.05, 0) is 37.4 Å². The van der Waals surface area contributed by atoms with E-state index in [1.54, 1.807) is 6.20 Å². The molecule has 1 N–H and O–H groups in total. The average Bonchev–Trinajstić information content (AvgIpc) is 2.41. The number of pyridine rings is 1. The summed E-state index contributed by atoms with van der Waals surface area (Å²) in [4.78, 5) is 6.83. The van der Waals surface area contributed by atoms with Gasteiger partial charge in [0.15, 0.2) is 0 Å². The minimum Gasteiger partial charge on any atom is -0.356 e. The first-order valence-electron chi connectivity index (χ1n) is 7.15. The molecule has 2 unspecified atom stereocenters. The number of anilines is 1. The van der Waals surface area contributed by atoms with Crippen molar-refractivity contribution in [1.29, 1.82) is 0 Å². The molecule has 2 atom stereocenters. The summed E-state index contributed by atoms with van der Waals surface area (Å²) in [6.45, 7) is 3.13. The molecular formula is C15H24ClN3. The number of nitrogens with zero attached hydrogens (tertiary/aromatic N) is 2. The van der Waals surface area contributed by atoms with Crippen LogP contribution in [0.4, 0.5) is 5.82 Å². The highest BCUT2D eigenvalue weighted by atomic mass is 35.5. The van der Waals surface area contributed by atoms with Gasteiger partial charge in [-0.2, -0.15) is 0 Å². The summed E-state index contributed by atoms with van der Waals surface area (Å²) in [5.41, 5.74) is 1.12. The van der Waals surface area contributed by atoms with Crippen molar-refractivity contribution in [3.05, 3.63) is 22.8 Å². The maximum absolute atomic E-state index is 6.17. The molecule has 1 aliphatic rings. The van der Waals surface area contributed by atoms with Crippen molar-refractivity contribution in [2.45, 2.75) is 45.2 Å². The number of halogens is 1. The van der Waals surface area contributed by atoms with Gasteiger partial charge in [0, 0.05) is 25.8 Å². The highest BCUT2D eigenvalue weighted by Gasteiger charge is 2.25. The topological polar surface area (TPSA) is 28.2 Å². The second-order valence-corrected chi connectivity index (χ2v) is 6.01. The van der Waals surface area contributed by atoms with Gasteiger partial charge in [0.1, 0.15) is 5.82 Å². The smallest absolute Gasteiger partial charge is 0.128 e. The predicted octanol–water partition coefficient (Wildman–Crippen LogP) is 3.47. The molecule has 1 aliphatic carbocycles. The molecule has 2 rings (SSSR count). The third-order valence-corrected chi connectivity index (χ3v) is 4.55. The molecule has 3 nitrogen and oxygen atoms in total. The molecule has 1 fully saturated rings. The van der Waals surface area contributed by atoms with Crippen LogP contribution in [-0.4, -0.2) is 25.1 Å². The molecule has 0 saturated heterocycles. The van der Waals surface area contributed by atoms with Crippen molar-refractivity contribution >= 4 is 17.4 Å². The monoisotopic (exact) mass is 281 g/mol. The van der Waals surface area contributed by atoms with Gasteiger partial charge in [-0.3, -0.25) is 0 Å². The fraction of sp³-hybridized carbons (Fsp3) is 0.667. The summed E-state index contributed by atoms with van der Waals surface area (Å²) < 4.78 is 0. The normalized spacial score (nSPS) is 23.4. The number of hydrogen-bond donors (Lipinski definition) is 1. The summed E-state index contributed by atoms with van der Waals surface area (Å²) in [7, 11) is 4.09. The van der Waals surface area contributed by atoms with E-state index >= 15 is 0 Å². The molecule has 0 amide bonds. The van der Waals surface area contributed by atoms with Crippen LogP contribution in [0.15, 0.2) is 12.3 Å². The Morgan fingerprint density at radius 2 is 2.16 bits per heavy atom. The van der Waals surface area contributed by atoms with E-state index in [2.05, 4.69) is 35.2 Å². The first-order valence-corrected chi connectivity index (χ1v) is 7.53. The Labute approximate surface area is 121 Å². The molecule has 0 radical (unpaired) electrons. The van der Waals surface area contributed by atoms with Crippen molar-refractivity contribution in [1.82, 2.24) is 10.3 Å². The summed E-state index contributed by atoms with van der Waals surface area (Å²) in [6.07, 6.45) is 7.06. The van der Waals surface area contributed by atoms with Crippen molar-refractivity contribution in [2.24, 2.45) is 5.92 Å². The van der Waals surface area contributed by atoms with Crippen LogP contribution in [0.1, 0.15) is 38.2 Å². The Bertz CT molecular complexity index is 422. The first kappa shape index (κ1) is 14.6. The maximum atomic E-state index is 6.17. The van der Waals surface area contributed by atoms with Gasteiger partial charge in [0.25, 0.3) is 0 Å². The summed E-state index contributed by atoms with van der Waals surface area (Å²) in [5.74, 6) is 1.78. The Morgan fingerprint density at radius 3 is 2.84 bits per heavy atom. The van der Waals surface area contributed by atoms with Crippen LogP contribution in [0.3, 0.4) is 0 Å². The van der Waals surface area contributed by atoms with Crippen LogP contribution in [0.5, 0.6) is 0 Å². The van der Waals surface area contributed by atoms with Gasteiger partial charge in [-0.1, -0.05) is 31.4 Å². The fourth-order valence-corrected chi connectivity index (χ4v) is 3.20. The second kappa shape index (κ2) is 6.58. The molecular weight excluding hydrogens is 258 g/mol. The highest BCUT2D eigenvalue weighted by Crippen LogP contribution is 2.30. The SMILES string of the molecule is CNCc1cc(N(C)C2CCCCC2C)ncc1Cl. The van der Waals surface area contributed by atoms with E-state index in [0.29, 0.717) is 6.04 Å². The molecule has 0 bridgehead atoms. The van der Waals surface area contributed by atoms with Gasteiger partial charge in [-0.15, -0.1) is 0 Å². The molecule has 0 spiro atoms. The van der Waals surface area contributed by atoms with Crippen LogP contribution >= 0.6 is 11.6 Å². The van der Waals surface area contributed by atoms with E-state index in [1.807, 2.05) is 7.05 Å². The first-order chi connectivity index (χ1) is 9.13. The van der Waals surface area contributed by atoms with Crippen LogP contribution in [0.25, 0.3) is 0 Å². The quantitative estimate of drug-likeness (QED) is 0.916. The highest BCUT2D eigenvalue weighted by molar-refractivity contribution is 6.31. The third kappa shape index (κ3) is 3.40. The molecule has 0 aromatic carbocycles. The van der Waals surface area contributed by atoms with Crippen molar-refractivity contribution in [2.75, 3.05) is 19.0 Å². The van der Waals surface area contributed by atoms with Crippen LogP contribution in [0, 0.1) is 5.92 Å². The van der Waals surface area contributed by atoms with Crippen molar-refractivity contribution < 1.29 is 0 Å². The predicted molar refractivity (Wildman–Crippen MR) is 81.8 cm³/mol. The summed E-state index contributed by atoms with van der Waals surface area (Å²) in [5, 5.41) is 3.89. The summed E-state index contributed by atoms with van der Waals surface area (Å²) in [6, 6.07) is 2.71. The van der Waals surface area contributed by atoms with Crippen molar-refractivity contribution in [3.8, 4) is 0 Å². The molecule has 0 aliphatic heterocycles. The minimum absolute atomic E-state index is 0.602. The lowest BCUT2D eigenvalue weighted by Crippen LogP contribution is -2.39. The molecule has 4 heteroatoms. The van der Waals surface area contributed by atoms with E-state index in [4.69, 9.17) is 11.6 Å². The Hall–Kier alpha value is -0.800. The van der Waals surface area contributed by atoms with E-state index in [0.717, 1.165) is 28.9 Å². The molecule has 1 heterocycles. The third-order valence-electron chi connectivity index (χ3n) is 4.21. The number of nitrogens with one attached hydrogen (secondary N) is 1. The number of hydrogen-bond acceptors (Lipinski definition) is 3. The molecule has 1 saturated carbocycles. The van der Waals surface area contributed by atoms with Crippen LogP contribution < -0.4 is 10.2 Å². The molecule has 1 aromatic rings. The van der Waals surface area contributed by atoms with Gasteiger partial charge in [-0.25, -0.2) is 4.98 Å². The molecule has 1 aromatic heterocycles. The van der Waals surface area contributed by atoms with Gasteiger partial charge >= 0.3 is 0 Å². The van der Waals surface area contributed by atoms with Gasteiger partial charge < -0.3 is 10.2 Å². The van der Waals surface area contributed by atoms with Crippen molar-refractivity contribution in [3.63, 3.8) is 0 Å². The Balaban J connectivity index is 2.18. The largest absolute Gasteiger partial charge is 0.356 e. The zero-order chi connectivity index (χ0) is 13.8. The van der Waals surface area contributed by atoms with Crippen LogP contribution in [0.2, 0.25) is 5.02 Å². The van der Waals surface area contributed by atoms with Gasteiger partial charge in [0.2, 0.25) is 0 Å². The number of rotatable bonds is 4. The van der Waals surface area contributed by atoms with Crippen LogP contribution in [-0.2, 0) is 6.54 Å². The minimum atomic E-state index is 0.602. The van der Waals surface area contributed by atoms with E-state index in [9.17, 15) is 0 Å². The molecule has 19 heavy (non-hydrogen) atoms. The lowest BCUT2D eigenvalue weighted by molar-refractivity contribution is 0.320. The molecule has 106 valence electrons. The summed E-state index contributed by atoms with van der Waals surface area (Å²) >= 11 is 6.17. The van der Waals surface area contributed by atoms with E-state index < -0.39 is 0 Å². The fourth-order valence-electron chi connectivity index (χ4n) is 3.03. The number of aromatic nitrogens is 1. The lowest BCUT2D eigenvalue weighted by Gasteiger charge is -2.37. The van der Waals surface area contributed by atoms with Gasteiger partial charge in [0.05, 0.1) is 5.02 Å². The second-order valence-electron chi connectivity index (χ2n) is 5.60. The average molecular weight is 282 g/mol. The maximum Gasteiger partial charge on any atom is 0.128 e.